The Labute approximate surface area is 166 Å². The molecule has 1 aromatic carbocycles. The molecular formula is C20H21F2N3O2S. The average molecular weight is 405 g/mol. The molecular weight excluding hydrogens is 384 g/mol. The van der Waals surface area contributed by atoms with Crippen LogP contribution in [0.15, 0.2) is 29.1 Å². The molecule has 0 unspecified atom stereocenters. The van der Waals surface area contributed by atoms with Crippen molar-refractivity contribution in [3.8, 4) is 11.3 Å². The van der Waals surface area contributed by atoms with Crippen molar-refractivity contribution in [3.05, 3.63) is 56.1 Å². The molecule has 0 bridgehead atoms. The van der Waals surface area contributed by atoms with E-state index in [1.807, 2.05) is 32.0 Å². The second kappa shape index (κ2) is 8.28. The summed E-state index contributed by atoms with van der Waals surface area (Å²) in [5, 5.41) is -0.131. The Bertz CT molecular complexity index is 1140. The normalized spacial score (nSPS) is 11.5. The number of halogens is 2. The molecule has 8 heteroatoms. The monoisotopic (exact) mass is 405 g/mol. The maximum Gasteiger partial charge on any atom is 0.264 e. The van der Waals surface area contributed by atoms with Crippen molar-refractivity contribution >= 4 is 23.3 Å². The lowest BCUT2D eigenvalue weighted by Crippen LogP contribution is -2.18. The highest BCUT2D eigenvalue weighted by Gasteiger charge is 2.20. The molecule has 0 atom stereocenters. The quantitative estimate of drug-likeness (QED) is 0.477. The number of pyridine rings is 1. The summed E-state index contributed by atoms with van der Waals surface area (Å²) in [6.07, 6.45) is -2.22. The molecule has 0 aliphatic carbocycles. The number of fused-ring (bicyclic) bond motifs is 1. The van der Waals surface area contributed by atoms with Gasteiger partial charge in [-0.25, -0.2) is 13.8 Å². The van der Waals surface area contributed by atoms with Crippen molar-refractivity contribution in [1.29, 1.82) is 0 Å². The number of aromatic amines is 1. The number of alkyl halides is 2. The number of aromatic nitrogens is 3. The maximum absolute atomic E-state index is 13.8. The van der Waals surface area contributed by atoms with E-state index in [1.54, 1.807) is 11.7 Å². The molecule has 3 aromatic rings. The van der Waals surface area contributed by atoms with Crippen LogP contribution in [0.5, 0.6) is 0 Å². The maximum atomic E-state index is 13.8. The highest BCUT2D eigenvalue weighted by atomic mass is 32.1. The second-order valence-electron chi connectivity index (χ2n) is 6.65. The summed E-state index contributed by atoms with van der Waals surface area (Å²) in [5.74, 6) is 0. The molecule has 0 saturated carbocycles. The van der Waals surface area contributed by atoms with Crippen LogP contribution >= 0.6 is 12.2 Å². The highest BCUT2D eigenvalue weighted by molar-refractivity contribution is 7.71. The van der Waals surface area contributed by atoms with Crippen LogP contribution in [0.4, 0.5) is 8.78 Å². The molecule has 0 spiro atoms. The number of hydrogen-bond acceptors (Lipinski definition) is 4. The minimum absolute atomic E-state index is 0.131. The number of nitrogens with one attached hydrogen (secondary N) is 1. The number of H-pyrrole nitrogens is 1. The first-order valence-electron chi connectivity index (χ1n) is 8.86. The number of nitrogens with zero attached hydrogens (tertiary/aromatic N) is 2. The van der Waals surface area contributed by atoms with Gasteiger partial charge in [0.1, 0.15) is 5.65 Å². The van der Waals surface area contributed by atoms with Gasteiger partial charge < -0.3 is 9.30 Å². The molecule has 0 amide bonds. The lowest BCUT2D eigenvalue weighted by atomic mass is 10.0. The van der Waals surface area contributed by atoms with E-state index in [4.69, 9.17) is 17.0 Å². The van der Waals surface area contributed by atoms with E-state index in [2.05, 4.69) is 9.97 Å². The van der Waals surface area contributed by atoms with Crippen LogP contribution in [0.2, 0.25) is 0 Å². The molecule has 5 nitrogen and oxygen atoms in total. The lowest BCUT2D eigenvalue weighted by Gasteiger charge is -2.15. The highest BCUT2D eigenvalue weighted by Crippen LogP contribution is 2.30. The third-order valence-corrected chi connectivity index (χ3v) is 5.07. The molecule has 2 aromatic heterocycles. The van der Waals surface area contributed by atoms with E-state index in [0.717, 1.165) is 11.1 Å². The predicted molar refractivity (Wildman–Crippen MR) is 108 cm³/mol. The van der Waals surface area contributed by atoms with Crippen LogP contribution in [0.25, 0.3) is 22.3 Å². The van der Waals surface area contributed by atoms with Gasteiger partial charge in [0.2, 0.25) is 0 Å². The molecule has 0 aliphatic heterocycles. The molecule has 0 fully saturated rings. The smallest absolute Gasteiger partial charge is 0.264 e. The van der Waals surface area contributed by atoms with Gasteiger partial charge in [0.05, 0.1) is 11.1 Å². The zero-order valence-corrected chi connectivity index (χ0v) is 16.7. The van der Waals surface area contributed by atoms with Crippen LogP contribution in [-0.2, 0) is 11.3 Å². The Hall–Kier alpha value is -2.45. The Morgan fingerprint density at radius 1 is 1.25 bits per heavy atom. The SMILES string of the molecule is COCCCn1c(=S)[nH]c(=O)c2c(C(F)F)cc(-c3ccc(C)c(C)c3)nc21. The summed E-state index contributed by atoms with van der Waals surface area (Å²) in [5.41, 5.74) is 2.37. The van der Waals surface area contributed by atoms with Crippen molar-refractivity contribution in [2.24, 2.45) is 0 Å². The van der Waals surface area contributed by atoms with Gasteiger partial charge in [-0.2, -0.15) is 0 Å². The topological polar surface area (TPSA) is 59.9 Å². The molecule has 0 aliphatic rings. The first kappa shape index (κ1) is 20.3. The zero-order chi connectivity index (χ0) is 20.4. The van der Waals surface area contributed by atoms with E-state index in [9.17, 15) is 13.6 Å². The third kappa shape index (κ3) is 3.88. The van der Waals surface area contributed by atoms with Gasteiger partial charge in [0, 0.05) is 31.4 Å². The fourth-order valence-electron chi connectivity index (χ4n) is 3.10. The number of ether oxygens (including phenoxy) is 1. The van der Waals surface area contributed by atoms with Gasteiger partial charge in [0.15, 0.2) is 4.77 Å². The molecule has 1 N–H and O–H groups in total. The molecule has 3 rings (SSSR count). The summed E-state index contributed by atoms with van der Waals surface area (Å²) in [4.78, 5) is 19.5. The molecule has 148 valence electrons. The molecule has 28 heavy (non-hydrogen) atoms. The minimum atomic E-state index is -2.82. The first-order valence-corrected chi connectivity index (χ1v) is 9.26. The number of hydrogen-bond donors (Lipinski definition) is 1. The van der Waals surface area contributed by atoms with Crippen LogP contribution in [0, 0.1) is 18.6 Å². The first-order chi connectivity index (χ1) is 13.3. The van der Waals surface area contributed by atoms with Crippen molar-refractivity contribution in [1.82, 2.24) is 14.5 Å². The van der Waals surface area contributed by atoms with E-state index in [1.165, 1.54) is 6.07 Å². The largest absolute Gasteiger partial charge is 0.385 e. The van der Waals surface area contributed by atoms with E-state index in [0.29, 0.717) is 30.8 Å². The molecule has 0 radical (unpaired) electrons. The van der Waals surface area contributed by atoms with Gasteiger partial charge in [-0.05, 0) is 55.7 Å². The Kier molecular flexibility index (Phi) is 6.00. The fourth-order valence-corrected chi connectivity index (χ4v) is 3.37. The van der Waals surface area contributed by atoms with Gasteiger partial charge in [-0.15, -0.1) is 0 Å². The van der Waals surface area contributed by atoms with Gasteiger partial charge in [-0.3, -0.25) is 9.78 Å². The van der Waals surface area contributed by atoms with Crippen molar-refractivity contribution in [3.63, 3.8) is 0 Å². The Morgan fingerprint density at radius 3 is 2.64 bits per heavy atom. The van der Waals surface area contributed by atoms with Gasteiger partial charge in [-0.1, -0.05) is 12.1 Å². The van der Waals surface area contributed by atoms with Crippen LogP contribution in [0.3, 0.4) is 0 Å². The van der Waals surface area contributed by atoms with Gasteiger partial charge >= 0.3 is 0 Å². The number of methoxy groups -OCH3 is 1. The summed E-state index contributed by atoms with van der Waals surface area (Å²) >= 11 is 5.26. The molecule has 2 heterocycles. The predicted octanol–water partition coefficient (Wildman–Crippen LogP) is 4.71. The number of benzene rings is 1. The van der Waals surface area contributed by atoms with E-state index >= 15 is 0 Å². The summed E-state index contributed by atoms with van der Waals surface area (Å²) in [7, 11) is 1.58. The summed E-state index contributed by atoms with van der Waals surface area (Å²) in [6.45, 7) is 4.79. The minimum Gasteiger partial charge on any atom is -0.385 e. The Morgan fingerprint density at radius 2 is 2.00 bits per heavy atom. The van der Waals surface area contributed by atoms with Crippen LogP contribution < -0.4 is 5.56 Å². The second-order valence-corrected chi connectivity index (χ2v) is 7.04. The zero-order valence-electron chi connectivity index (χ0n) is 15.9. The number of rotatable bonds is 6. The average Bonchev–Trinajstić information content (AvgIpc) is 2.65. The van der Waals surface area contributed by atoms with Crippen LogP contribution in [0.1, 0.15) is 29.5 Å². The summed E-state index contributed by atoms with van der Waals surface area (Å²) < 4.78 is 34.4. The lowest BCUT2D eigenvalue weighted by molar-refractivity contribution is 0.153. The van der Waals surface area contributed by atoms with E-state index < -0.39 is 12.0 Å². The van der Waals surface area contributed by atoms with Crippen LogP contribution in [-0.4, -0.2) is 28.3 Å². The fraction of sp³-hybridized carbons (Fsp3) is 0.350. The van der Waals surface area contributed by atoms with Crippen molar-refractivity contribution in [2.75, 3.05) is 13.7 Å². The summed E-state index contributed by atoms with van der Waals surface area (Å²) in [6, 6.07) is 6.94. The molecule has 0 saturated heterocycles. The van der Waals surface area contributed by atoms with Crippen molar-refractivity contribution in [2.45, 2.75) is 33.2 Å². The van der Waals surface area contributed by atoms with E-state index in [-0.39, 0.29) is 21.4 Å². The third-order valence-electron chi connectivity index (χ3n) is 4.75. The Balaban J connectivity index is 2.32. The number of aryl methyl sites for hydroxylation is 3. The standard InChI is InChI=1S/C20H21F2N3O2S/c1-11-5-6-13(9-12(11)2)15-10-14(17(21)22)16-18(23-15)25(7-4-8-27-3)20(28)24-19(16)26/h5-6,9-10,17H,4,7-8H2,1-3H3,(H,24,26,28). The van der Waals surface area contributed by atoms with Gasteiger partial charge in [0.25, 0.3) is 12.0 Å². The van der Waals surface area contributed by atoms with Crippen molar-refractivity contribution < 1.29 is 13.5 Å².